The fourth-order valence-corrected chi connectivity index (χ4v) is 4.30. The van der Waals surface area contributed by atoms with Crippen molar-refractivity contribution in [1.29, 1.82) is 0 Å². The van der Waals surface area contributed by atoms with E-state index in [1.165, 1.54) is 11.3 Å². The van der Waals surface area contributed by atoms with Gasteiger partial charge in [0, 0.05) is 50.5 Å². The number of benzene rings is 1. The Balaban J connectivity index is 1.43. The number of carbonyl (C=O) groups excluding carboxylic acids is 1. The van der Waals surface area contributed by atoms with Gasteiger partial charge in [-0.2, -0.15) is 5.10 Å². The molecule has 1 aromatic heterocycles. The second kappa shape index (κ2) is 9.52. The smallest absolute Gasteiger partial charge is 0.271 e. The van der Waals surface area contributed by atoms with Crippen LogP contribution in [0.25, 0.3) is 0 Å². The summed E-state index contributed by atoms with van der Waals surface area (Å²) < 4.78 is 7.44. The van der Waals surface area contributed by atoms with Crippen LogP contribution in [0, 0.1) is 0 Å². The van der Waals surface area contributed by atoms with Gasteiger partial charge in [0.25, 0.3) is 5.91 Å². The molecule has 1 aliphatic heterocycles. The Morgan fingerprint density at radius 3 is 2.79 bits per heavy atom. The molecule has 4 rings (SSSR count). The van der Waals surface area contributed by atoms with E-state index >= 15 is 0 Å². The minimum absolute atomic E-state index is 0.0953. The number of fused-ring (bicyclic) bond motifs is 1. The Hall–Kier alpha value is -2.22. The molecule has 0 saturated carbocycles. The van der Waals surface area contributed by atoms with Crippen LogP contribution in [0.1, 0.15) is 33.7 Å². The zero-order valence-corrected chi connectivity index (χ0v) is 17.2. The van der Waals surface area contributed by atoms with Crippen LogP contribution >= 0.6 is 0 Å². The molecule has 7 heteroatoms. The van der Waals surface area contributed by atoms with Crippen molar-refractivity contribution in [3.05, 3.63) is 52.8 Å². The molecule has 2 aromatic rings. The van der Waals surface area contributed by atoms with E-state index in [2.05, 4.69) is 27.7 Å². The topological polar surface area (TPSA) is 71.4 Å². The molecule has 7 nitrogen and oxygen atoms in total. The van der Waals surface area contributed by atoms with Gasteiger partial charge in [-0.25, -0.2) is 0 Å². The molecule has 0 spiro atoms. The lowest BCUT2D eigenvalue weighted by Gasteiger charge is -2.29. The predicted molar refractivity (Wildman–Crippen MR) is 112 cm³/mol. The van der Waals surface area contributed by atoms with Gasteiger partial charge in [-0.1, -0.05) is 30.3 Å². The predicted octanol–water partition coefficient (Wildman–Crippen LogP) is 1.07. The number of hydrogen-bond donors (Lipinski definition) is 2. The Labute approximate surface area is 172 Å². The zero-order valence-electron chi connectivity index (χ0n) is 17.2. The van der Waals surface area contributed by atoms with Gasteiger partial charge in [-0.15, -0.1) is 0 Å². The van der Waals surface area contributed by atoms with Crippen LogP contribution in [-0.2, 0) is 24.1 Å². The second-order valence-corrected chi connectivity index (χ2v) is 7.84. The Bertz CT molecular complexity index is 814. The number of rotatable bonds is 7. The summed E-state index contributed by atoms with van der Waals surface area (Å²) >= 11 is 0. The van der Waals surface area contributed by atoms with Gasteiger partial charge in [0.05, 0.1) is 19.8 Å². The number of nitrogens with zero attached hydrogens (tertiary/aromatic N) is 3. The first-order chi connectivity index (χ1) is 14.2. The second-order valence-electron chi connectivity index (χ2n) is 7.84. The molecule has 29 heavy (non-hydrogen) atoms. The van der Waals surface area contributed by atoms with E-state index in [1.807, 2.05) is 22.9 Å². The van der Waals surface area contributed by atoms with Gasteiger partial charge < -0.3 is 15.4 Å². The molecular formula is C22H31N5O2. The van der Waals surface area contributed by atoms with E-state index in [9.17, 15) is 4.79 Å². The van der Waals surface area contributed by atoms with Crippen LogP contribution < -0.4 is 10.6 Å². The van der Waals surface area contributed by atoms with Crippen molar-refractivity contribution in [3.8, 4) is 0 Å². The van der Waals surface area contributed by atoms with E-state index in [-0.39, 0.29) is 5.91 Å². The molecule has 1 aliphatic carbocycles. The lowest BCUT2D eigenvalue weighted by Crippen LogP contribution is -2.43. The summed E-state index contributed by atoms with van der Waals surface area (Å²) in [5.41, 5.74) is 4.10. The molecule has 1 unspecified atom stereocenters. The Morgan fingerprint density at radius 2 is 2.03 bits per heavy atom. The van der Waals surface area contributed by atoms with E-state index in [0.717, 1.165) is 64.2 Å². The zero-order chi connectivity index (χ0) is 20.1. The van der Waals surface area contributed by atoms with Crippen molar-refractivity contribution in [2.45, 2.75) is 31.8 Å². The van der Waals surface area contributed by atoms with Crippen LogP contribution in [0.15, 0.2) is 30.3 Å². The number of aromatic nitrogens is 2. The van der Waals surface area contributed by atoms with Crippen molar-refractivity contribution >= 4 is 5.91 Å². The fourth-order valence-electron chi connectivity index (χ4n) is 4.30. The average Bonchev–Trinajstić information content (AvgIpc) is 3.12. The normalized spacial score (nSPS) is 19.7. The minimum atomic E-state index is -0.0953. The van der Waals surface area contributed by atoms with E-state index < -0.39 is 0 Å². The van der Waals surface area contributed by atoms with Crippen molar-refractivity contribution < 1.29 is 9.53 Å². The number of amides is 1. The lowest BCUT2D eigenvalue weighted by atomic mass is 9.91. The Morgan fingerprint density at radius 1 is 1.24 bits per heavy atom. The highest BCUT2D eigenvalue weighted by Crippen LogP contribution is 2.26. The van der Waals surface area contributed by atoms with E-state index in [0.29, 0.717) is 18.3 Å². The van der Waals surface area contributed by atoms with Crippen LogP contribution in [0.2, 0.25) is 0 Å². The first kappa shape index (κ1) is 20.1. The molecule has 2 N–H and O–H groups in total. The van der Waals surface area contributed by atoms with Crippen molar-refractivity contribution in [3.63, 3.8) is 0 Å². The third-order valence-corrected chi connectivity index (χ3v) is 5.93. The molecule has 1 saturated heterocycles. The van der Waals surface area contributed by atoms with Crippen molar-refractivity contribution in [2.75, 3.05) is 46.4 Å². The molecule has 0 radical (unpaired) electrons. The first-order valence-electron chi connectivity index (χ1n) is 10.6. The van der Waals surface area contributed by atoms with Gasteiger partial charge in [-0.05, 0) is 24.8 Å². The largest absolute Gasteiger partial charge is 0.379 e. The summed E-state index contributed by atoms with van der Waals surface area (Å²) in [6.07, 6.45) is 2.88. The molecule has 156 valence electrons. The third-order valence-electron chi connectivity index (χ3n) is 5.93. The van der Waals surface area contributed by atoms with Gasteiger partial charge in [0.15, 0.2) is 5.69 Å². The highest BCUT2D eigenvalue weighted by atomic mass is 16.5. The molecule has 1 atom stereocenters. The third kappa shape index (κ3) is 4.86. The highest BCUT2D eigenvalue weighted by Gasteiger charge is 2.28. The van der Waals surface area contributed by atoms with Gasteiger partial charge in [0.2, 0.25) is 0 Å². The maximum absolute atomic E-state index is 12.5. The average molecular weight is 398 g/mol. The van der Waals surface area contributed by atoms with E-state index in [1.54, 1.807) is 7.05 Å². The van der Waals surface area contributed by atoms with Crippen LogP contribution in [-0.4, -0.2) is 73.1 Å². The molecular weight excluding hydrogens is 366 g/mol. The van der Waals surface area contributed by atoms with E-state index in [4.69, 9.17) is 9.84 Å². The standard InChI is InChI=1S/C22H31N5O2/c1-23-22(28)21-19-15-18(24-9-10-26-11-13-29-14-12-26)7-8-20(19)27(25-21)16-17-5-3-2-4-6-17/h2-6,18,24H,7-16H2,1H3,(H,23,28). The van der Waals surface area contributed by atoms with Gasteiger partial charge >= 0.3 is 0 Å². The fraction of sp³-hybridized carbons (Fsp3) is 0.545. The van der Waals surface area contributed by atoms with Crippen LogP contribution in [0.5, 0.6) is 0 Å². The number of nitrogens with one attached hydrogen (secondary N) is 2. The van der Waals surface area contributed by atoms with Crippen LogP contribution in [0.3, 0.4) is 0 Å². The molecule has 1 amide bonds. The van der Waals surface area contributed by atoms with Crippen molar-refractivity contribution in [1.82, 2.24) is 25.3 Å². The number of ether oxygens (including phenoxy) is 1. The highest BCUT2D eigenvalue weighted by molar-refractivity contribution is 5.93. The Kier molecular flexibility index (Phi) is 6.59. The summed E-state index contributed by atoms with van der Waals surface area (Å²) in [4.78, 5) is 14.9. The number of carbonyl (C=O) groups is 1. The minimum Gasteiger partial charge on any atom is -0.379 e. The molecule has 0 bridgehead atoms. The number of morpholine rings is 1. The maximum Gasteiger partial charge on any atom is 0.271 e. The molecule has 1 fully saturated rings. The summed E-state index contributed by atoms with van der Waals surface area (Å²) in [6.45, 7) is 6.42. The van der Waals surface area contributed by atoms with Crippen molar-refractivity contribution in [2.24, 2.45) is 0 Å². The summed E-state index contributed by atoms with van der Waals surface area (Å²) in [7, 11) is 1.67. The lowest BCUT2D eigenvalue weighted by molar-refractivity contribution is 0.0381. The van der Waals surface area contributed by atoms with Crippen LogP contribution in [0.4, 0.5) is 0 Å². The summed E-state index contributed by atoms with van der Waals surface area (Å²) in [5, 5.41) is 11.2. The summed E-state index contributed by atoms with van der Waals surface area (Å²) in [5.74, 6) is -0.0953. The maximum atomic E-state index is 12.5. The van der Waals surface area contributed by atoms with Gasteiger partial charge in [-0.3, -0.25) is 14.4 Å². The van der Waals surface area contributed by atoms with Gasteiger partial charge in [0.1, 0.15) is 0 Å². The molecule has 2 aliphatic rings. The molecule has 1 aromatic carbocycles. The quantitative estimate of drug-likeness (QED) is 0.731. The summed E-state index contributed by atoms with van der Waals surface area (Å²) in [6, 6.07) is 10.7. The monoisotopic (exact) mass is 397 g/mol. The first-order valence-corrected chi connectivity index (χ1v) is 10.6. The molecule has 2 heterocycles. The SMILES string of the molecule is CNC(=O)c1nn(Cc2ccccc2)c2c1CC(NCCN1CCOCC1)CC2. The number of hydrogen-bond acceptors (Lipinski definition) is 5.